The third-order valence-electron chi connectivity index (χ3n) is 3.73. The highest BCUT2D eigenvalue weighted by molar-refractivity contribution is 6.25. The van der Waals surface area contributed by atoms with Crippen LogP contribution in [0.1, 0.15) is 40.5 Å². The molecule has 1 saturated heterocycles. The van der Waals surface area contributed by atoms with Crippen molar-refractivity contribution >= 4 is 23.4 Å². The molecule has 0 saturated carbocycles. The van der Waals surface area contributed by atoms with Gasteiger partial charge in [0.15, 0.2) is 0 Å². The highest BCUT2D eigenvalue weighted by Gasteiger charge is 2.47. The van der Waals surface area contributed by atoms with Gasteiger partial charge in [0.05, 0.1) is 0 Å². The van der Waals surface area contributed by atoms with Crippen LogP contribution in [0, 0.1) is 5.92 Å². The van der Waals surface area contributed by atoms with Crippen LogP contribution in [0.2, 0.25) is 0 Å². The van der Waals surface area contributed by atoms with E-state index in [4.69, 9.17) is 11.6 Å². The number of nitrogens with zero attached hydrogens (tertiary/aromatic N) is 1. The molecule has 1 fully saturated rings. The van der Waals surface area contributed by atoms with Crippen LogP contribution in [0.15, 0.2) is 11.6 Å². The maximum Gasteiger partial charge on any atom is 0.246 e. The lowest BCUT2D eigenvalue weighted by molar-refractivity contribution is -0.156. The van der Waals surface area contributed by atoms with Crippen LogP contribution in [0.4, 0.5) is 0 Å². The second kappa shape index (κ2) is 6.42. The molecule has 1 N–H and O–H groups in total. The minimum Gasteiger partial charge on any atom is -0.342 e. The lowest BCUT2D eigenvalue weighted by Crippen LogP contribution is -2.69. The van der Waals surface area contributed by atoms with E-state index in [2.05, 4.69) is 5.32 Å². The van der Waals surface area contributed by atoms with E-state index in [1.807, 2.05) is 20.8 Å². The number of rotatable bonds is 5. The van der Waals surface area contributed by atoms with E-state index >= 15 is 0 Å². The standard InChI is InChI=1S/C14H23ClN2O2/c1-5-14(4)13(19)16-11(9-10(2)3)12(18)17(14)8-6-7-15/h6-7,10-11H,5,8-9H2,1-4H3,(H,16,19)/b7-6+. The average Bonchev–Trinajstić information content (AvgIpc) is 2.35. The molecule has 108 valence electrons. The third kappa shape index (κ3) is 3.30. The molecular weight excluding hydrogens is 264 g/mol. The van der Waals surface area contributed by atoms with E-state index in [1.54, 1.807) is 17.9 Å². The first-order chi connectivity index (χ1) is 8.86. The van der Waals surface area contributed by atoms with Gasteiger partial charge in [-0.2, -0.15) is 0 Å². The zero-order valence-corrected chi connectivity index (χ0v) is 12.8. The van der Waals surface area contributed by atoms with Crippen LogP contribution >= 0.6 is 11.6 Å². The highest BCUT2D eigenvalue weighted by atomic mass is 35.5. The molecule has 1 heterocycles. The molecule has 2 atom stereocenters. The van der Waals surface area contributed by atoms with Crippen LogP contribution in [0.3, 0.4) is 0 Å². The summed E-state index contributed by atoms with van der Waals surface area (Å²) in [6, 6.07) is -0.421. The molecule has 0 aliphatic carbocycles. The zero-order valence-electron chi connectivity index (χ0n) is 12.1. The first-order valence-electron chi connectivity index (χ1n) is 6.74. The minimum atomic E-state index is -0.791. The summed E-state index contributed by atoms with van der Waals surface area (Å²) in [5.41, 5.74) is 0.592. The van der Waals surface area contributed by atoms with Crippen molar-refractivity contribution < 1.29 is 9.59 Å². The third-order valence-corrected chi connectivity index (χ3v) is 3.91. The number of halogens is 1. The van der Waals surface area contributed by atoms with Gasteiger partial charge in [0, 0.05) is 12.1 Å². The molecule has 19 heavy (non-hydrogen) atoms. The van der Waals surface area contributed by atoms with Crippen LogP contribution < -0.4 is 5.32 Å². The maximum atomic E-state index is 12.5. The van der Waals surface area contributed by atoms with Gasteiger partial charge in [0.2, 0.25) is 11.8 Å². The molecular formula is C14H23ClN2O2. The quantitative estimate of drug-likeness (QED) is 0.843. The maximum absolute atomic E-state index is 12.5. The molecule has 0 spiro atoms. The number of hydrogen-bond acceptors (Lipinski definition) is 2. The Labute approximate surface area is 120 Å². The van der Waals surface area contributed by atoms with E-state index < -0.39 is 11.6 Å². The first-order valence-corrected chi connectivity index (χ1v) is 7.18. The smallest absolute Gasteiger partial charge is 0.246 e. The number of nitrogens with one attached hydrogen (secondary N) is 1. The van der Waals surface area contributed by atoms with Gasteiger partial charge >= 0.3 is 0 Å². The second-order valence-corrected chi connectivity index (χ2v) is 5.85. The molecule has 1 rings (SSSR count). The Hall–Kier alpha value is -1.03. The first kappa shape index (κ1) is 16.0. The van der Waals surface area contributed by atoms with E-state index in [1.165, 1.54) is 5.54 Å². The molecule has 2 amide bonds. The Kier molecular flexibility index (Phi) is 5.41. The van der Waals surface area contributed by atoms with Gasteiger partial charge in [0.25, 0.3) is 0 Å². The van der Waals surface area contributed by atoms with Crippen molar-refractivity contribution in [3.8, 4) is 0 Å². The summed E-state index contributed by atoms with van der Waals surface area (Å²) in [6.07, 6.45) is 2.93. The SMILES string of the molecule is CCC1(C)C(=O)NC(CC(C)C)C(=O)N1C/C=C/Cl. The Morgan fingerprint density at radius 2 is 2.11 bits per heavy atom. The van der Waals surface area contributed by atoms with Gasteiger partial charge in [-0.3, -0.25) is 9.59 Å². The Bertz CT molecular complexity index is 382. The molecule has 1 aliphatic rings. The highest BCUT2D eigenvalue weighted by Crippen LogP contribution is 2.26. The number of carbonyl (C=O) groups is 2. The fourth-order valence-electron chi connectivity index (χ4n) is 2.35. The predicted molar refractivity (Wildman–Crippen MR) is 76.8 cm³/mol. The second-order valence-electron chi connectivity index (χ2n) is 5.59. The van der Waals surface area contributed by atoms with Crippen LogP contribution in [-0.4, -0.2) is 34.8 Å². The molecule has 0 aromatic rings. The molecule has 4 nitrogen and oxygen atoms in total. The topological polar surface area (TPSA) is 49.4 Å². The number of hydrogen-bond donors (Lipinski definition) is 1. The fraction of sp³-hybridized carbons (Fsp3) is 0.714. The summed E-state index contributed by atoms with van der Waals surface area (Å²) >= 11 is 5.54. The van der Waals surface area contributed by atoms with E-state index in [9.17, 15) is 9.59 Å². The summed E-state index contributed by atoms with van der Waals surface area (Å²) in [4.78, 5) is 26.5. The fourth-order valence-corrected chi connectivity index (χ4v) is 2.43. The average molecular weight is 287 g/mol. The number of carbonyl (C=O) groups excluding carboxylic acids is 2. The van der Waals surface area contributed by atoms with Gasteiger partial charge in [-0.05, 0) is 25.7 Å². The van der Waals surface area contributed by atoms with Crippen LogP contribution in [0.5, 0.6) is 0 Å². The summed E-state index contributed by atoms with van der Waals surface area (Å²) in [7, 11) is 0. The van der Waals surface area contributed by atoms with Crippen molar-refractivity contribution in [2.45, 2.75) is 52.1 Å². The Morgan fingerprint density at radius 1 is 1.47 bits per heavy atom. The number of amides is 2. The van der Waals surface area contributed by atoms with Crippen LogP contribution in [0.25, 0.3) is 0 Å². The molecule has 2 unspecified atom stereocenters. The molecule has 0 bridgehead atoms. The molecule has 0 aromatic heterocycles. The predicted octanol–water partition coefficient (Wildman–Crippen LogP) is 2.28. The van der Waals surface area contributed by atoms with Crippen molar-refractivity contribution in [2.24, 2.45) is 5.92 Å². The normalized spacial score (nSPS) is 28.3. The molecule has 0 aromatic carbocycles. The summed E-state index contributed by atoms with van der Waals surface area (Å²) in [5.74, 6) is 0.251. The van der Waals surface area contributed by atoms with Crippen LogP contribution in [-0.2, 0) is 9.59 Å². The summed E-state index contributed by atoms with van der Waals surface area (Å²) in [6.45, 7) is 8.15. The van der Waals surface area contributed by atoms with Crippen molar-refractivity contribution in [1.82, 2.24) is 10.2 Å². The Morgan fingerprint density at radius 3 is 2.58 bits per heavy atom. The van der Waals surface area contributed by atoms with Crippen molar-refractivity contribution in [2.75, 3.05) is 6.54 Å². The van der Waals surface area contributed by atoms with E-state index in [0.717, 1.165) is 0 Å². The number of piperazine rings is 1. The molecule has 0 radical (unpaired) electrons. The van der Waals surface area contributed by atoms with Gasteiger partial charge in [-0.25, -0.2) is 0 Å². The molecule has 5 heteroatoms. The van der Waals surface area contributed by atoms with Crippen molar-refractivity contribution in [1.29, 1.82) is 0 Å². The lowest BCUT2D eigenvalue weighted by Gasteiger charge is -2.45. The monoisotopic (exact) mass is 286 g/mol. The van der Waals surface area contributed by atoms with Gasteiger partial charge in [-0.15, -0.1) is 0 Å². The molecule has 1 aliphatic heterocycles. The van der Waals surface area contributed by atoms with E-state index in [-0.39, 0.29) is 11.8 Å². The van der Waals surface area contributed by atoms with Crippen molar-refractivity contribution in [3.63, 3.8) is 0 Å². The lowest BCUT2D eigenvalue weighted by atomic mass is 9.88. The van der Waals surface area contributed by atoms with Gasteiger partial charge < -0.3 is 10.2 Å². The minimum absolute atomic E-state index is 0.0209. The van der Waals surface area contributed by atoms with Gasteiger partial charge in [0.1, 0.15) is 11.6 Å². The van der Waals surface area contributed by atoms with E-state index in [0.29, 0.717) is 25.3 Å². The van der Waals surface area contributed by atoms with Gasteiger partial charge in [-0.1, -0.05) is 38.4 Å². The van der Waals surface area contributed by atoms with Crippen molar-refractivity contribution in [3.05, 3.63) is 11.6 Å². The summed E-state index contributed by atoms with van der Waals surface area (Å²) in [5, 5.41) is 2.86. The largest absolute Gasteiger partial charge is 0.342 e. The summed E-state index contributed by atoms with van der Waals surface area (Å²) < 4.78 is 0. The Balaban J connectivity index is 3.01. The zero-order chi connectivity index (χ0) is 14.6.